The third kappa shape index (κ3) is 3.57. The molecule has 3 heteroatoms. The molecule has 0 saturated heterocycles. The number of aliphatic carboxylic acids is 1. The molecule has 2 rings (SSSR count). The van der Waals surface area contributed by atoms with Gasteiger partial charge in [0.05, 0.1) is 0 Å². The molecule has 1 aromatic rings. The Kier molecular flexibility index (Phi) is 4.59. The fourth-order valence-corrected chi connectivity index (χ4v) is 2.49. The predicted octanol–water partition coefficient (Wildman–Crippen LogP) is 3.15. The van der Waals surface area contributed by atoms with Gasteiger partial charge in [0.25, 0.3) is 0 Å². The molecule has 1 saturated carbocycles. The lowest BCUT2D eigenvalue weighted by atomic mass is 10.00. The van der Waals surface area contributed by atoms with E-state index in [-0.39, 0.29) is 6.04 Å². The number of nitrogens with one attached hydrogen (secondary N) is 1. The maximum absolute atomic E-state index is 11.3. The Hall–Kier alpha value is -1.35. The van der Waals surface area contributed by atoms with Crippen LogP contribution in [0.2, 0.25) is 0 Å². The molecule has 0 heterocycles. The lowest BCUT2D eigenvalue weighted by Gasteiger charge is -2.22. The van der Waals surface area contributed by atoms with Crippen LogP contribution in [0.15, 0.2) is 24.3 Å². The topological polar surface area (TPSA) is 49.3 Å². The molecule has 0 bridgehead atoms. The molecule has 0 spiro atoms. The van der Waals surface area contributed by atoms with E-state index in [1.54, 1.807) is 0 Å². The average Bonchev–Trinajstić information content (AvgIpc) is 3.24. The van der Waals surface area contributed by atoms with Crippen molar-refractivity contribution in [3.63, 3.8) is 0 Å². The van der Waals surface area contributed by atoms with Crippen molar-refractivity contribution in [1.29, 1.82) is 0 Å². The quantitative estimate of drug-likeness (QED) is 0.792. The van der Waals surface area contributed by atoms with Gasteiger partial charge in [-0.15, -0.1) is 0 Å². The molecular formula is C16H23NO2. The van der Waals surface area contributed by atoms with Crippen molar-refractivity contribution in [3.8, 4) is 0 Å². The van der Waals surface area contributed by atoms with Crippen LogP contribution in [0.4, 0.5) is 0 Å². The molecule has 1 aliphatic rings. The van der Waals surface area contributed by atoms with Crippen LogP contribution in [0.3, 0.4) is 0 Å². The van der Waals surface area contributed by atoms with Crippen LogP contribution in [0.25, 0.3) is 0 Å². The zero-order valence-electron chi connectivity index (χ0n) is 11.7. The minimum Gasteiger partial charge on any atom is -0.480 e. The van der Waals surface area contributed by atoms with Crippen molar-refractivity contribution < 1.29 is 9.90 Å². The molecule has 0 aliphatic heterocycles. The minimum atomic E-state index is -0.717. The summed E-state index contributed by atoms with van der Waals surface area (Å²) in [6.45, 7) is 4.23. The number of hydrogen-bond donors (Lipinski definition) is 2. The van der Waals surface area contributed by atoms with E-state index in [1.807, 2.05) is 0 Å². The molecule has 0 radical (unpaired) electrons. The van der Waals surface area contributed by atoms with Crippen molar-refractivity contribution in [2.45, 2.75) is 51.6 Å². The molecule has 2 N–H and O–H groups in total. The summed E-state index contributed by atoms with van der Waals surface area (Å²) in [6.07, 6.45) is 4.01. The second kappa shape index (κ2) is 6.20. The van der Waals surface area contributed by atoms with Gasteiger partial charge in [-0.3, -0.25) is 10.1 Å². The van der Waals surface area contributed by atoms with Crippen molar-refractivity contribution >= 4 is 5.97 Å². The number of hydrogen-bond acceptors (Lipinski definition) is 2. The van der Waals surface area contributed by atoms with Crippen LogP contribution < -0.4 is 5.32 Å². The van der Waals surface area contributed by atoms with E-state index in [1.165, 1.54) is 11.1 Å². The smallest absolute Gasteiger partial charge is 0.320 e. The van der Waals surface area contributed by atoms with E-state index in [0.717, 1.165) is 25.7 Å². The Labute approximate surface area is 115 Å². The normalized spacial score (nSPS) is 18.0. The van der Waals surface area contributed by atoms with E-state index >= 15 is 0 Å². The molecule has 2 unspecified atom stereocenters. The molecule has 2 atom stereocenters. The van der Waals surface area contributed by atoms with Crippen LogP contribution >= 0.6 is 0 Å². The first-order valence-electron chi connectivity index (χ1n) is 7.23. The minimum absolute atomic E-state index is 0.132. The molecule has 0 amide bonds. The maximum atomic E-state index is 11.3. The van der Waals surface area contributed by atoms with Crippen molar-refractivity contribution in [2.75, 3.05) is 0 Å². The number of aryl methyl sites for hydroxylation is 1. The van der Waals surface area contributed by atoms with Gasteiger partial charge in [-0.2, -0.15) is 0 Å². The zero-order valence-corrected chi connectivity index (χ0v) is 11.7. The highest BCUT2D eigenvalue weighted by Gasteiger charge is 2.37. The van der Waals surface area contributed by atoms with E-state index in [2.05, 4.69) is 43.4 Å². The Bertz CT molecular complexity index is 423. The molecule has 3 nitrogen and oxygen atoms in total. The highest BCUT2D eigenvalue weighted by Crippen LogP contribution is 2.34. The average molecular weight is 261 g/mol. The van der Waals surface area contributed by atoms with E-state index in [9.17, 15) is 9.90 Å². The summed E-state index contributed by atoms with van der Waals surface area (Å²) in [6, 6.07) is 8.24. The first kappa shape index (κ1) is 14.1. The summed E-state index contributed by atoms with van der Waals surface area (Å²) in [5, 5.41) is 12.6. The van der Waals surface area contributed by atoms with Crippen molar-refractivity contribution in [2.24, 2.45) is 5.92 Å². The highest BCUT2D eigenvalue weighted by molar-refractivity contribution is 5.74. The van der Waals surface area contributed by atoms with Gasteiger partial charge in [-0.1, -0.05) is 38.1 Å². The van der Waals surface area contributed by atoms with E-state index in [0.29, 0.717) is 5.92 Å². The number of carboxylic acid groups (broad SMARTS) is 1. The summed E-state index contributed by atoms with van der Waals surface area (Å²) in [7, 11) is 0. The molecule has 1 fully saturated rings. The van der Waals surface area contributed by atoms with Gasteiger partial charge in [0.15, 0.2) is 0 Å². The molecule has 104 valence electrons. The number of rotatable bonds is 7. The van der Waals surface area contributed by atoms with Gasteiger partial charge in [-0.05, 0) is 42.7 Å². The van der Waals surface area contributed by atoms with Gasteiger partial charge in [0, 0.05) is 6.04 Å². The molecular weight excluding hydrogens is 238 g/mol. The lowest BCUT2D eigenvalue weighted by Crippen LogP contribution is -2.40. The molecule has 1 aromatic carbocycles. The second-order valence-electron chi connectivity index (χ2n) is 5.38. The van der Waals surface area contributed by atoms with Crippen LogP contribution in [-0.4, -0.2) is 17.1 Å². The van der Waals surface area contributed by atoms with E-state index < -0.39 is 12.0 Å². The molecule has 1 aliphatic carbocycles. The van der Waals surface area contributed by atoms with Crippen LogP contribution in [0.5, 0.6) is 0 Å². The van der Waals surface area contributed by atoms with Gasteiger partial charge in [0.1, 0.15) is 6.04 Å². The van der Waals surface area contributed by atoms with E-state index in [4.69, 9.17) is 0 Å². The summed E-state index contributed by atoms with van der Waals surface area (Å²) < 4.78 is 0. The number of benzene rings is 1. The monoisotopic (exact) mass is 261 g/mol. The number of carboxylic acids is 1. The second-order valence-corrected chi connectivity index (χ2v) is 5.38. The Morgan fingerprint density at radius 2 is 1.95 bits per heavy atom. The van der Waals surface area contributed by atoms with Crippen LogP contribution in [-0.2, 0) is 11.2 Å². The summed E-state index contributed by atoms with van der Waals surface area (Å²) in [5.74, 6) is -0.396. The largest absolute Gasteiger partial charge is 0.480 e. The highest BCUT2D eigenvalue weighted by atomic mass is 16.4. The fourth-order valence-electron chi connectivity index (χ4n) is 2.49. The summed E-state index contributed by atoms with van der Waals surface area (Å²) in [4.78, 5) is 11.3. The predicted molar refractivity (Wildman–Crippen MR) is 76.1 cm³/mol. The molecule has 19 heavy (non-hydrogen) atoms. The fraction of sp³-hybridized carbons (Fsp3) is 0.562. The SMILES string of the molecule is CCc1ccc(C(CC)NC(C(=O)O)C2CC2)cc1. The van der Waals surface area contributed by atoms with Gasteiger partial charge in [-0.25, -0.2) is 0 Å². The van der Waals surface area contributed by atoms with Gasteiger partial charge in [0.2, 0.25) is 0 Å². The third-order valence-electron chi connectivity index (χ3n) is 3.94. The van der Waals surface area contributed by atoms with Crippen molar-refractivity contribution in [3.05, 3.63) is 35.4 Å². The summed E-state index contributed by atoms with van der Waals surface area (Å²) in [5.41, 5.74) is 2.50. The Morgan fingerprint density at radius 1 is 1.32 bits per heavy atom. The standard InChI is InChI=1S/C16H23NO2/c1-3-11-5-7-12(8-6-11)14(4-2)17-15(16(18)19)13-9-10-13/h5-8,13-15,17H,3-4,9-10H2,1-2H3,(H,18,19). The number of carbonyl (C=O) groups is 1. The first-order chi connectivity index (χ1) is 9.15. The van der Waals surface area contributed by atoms with Gasteiger partial charge < -0.3 is 5.11 Å². The van der Waals surface area contributed by atoms with Gasteiger partial charge >= 0.3 is 5.97 Å². The Morgan fingerprint density at radius 3 is 2.37 bits per heavy atom. The van der Waals surface area contributed by atoms with Crippen molar-refractivity contribution in [1.82, 2.24) is 5.32 Å². The third-order valence-corrected chi connectivity index (χ3v) is 3.94. The lowest BCUT2D eigenvalue weighted by molar-refractivity contribution is -0.140. The zero-order chi connectivity index (χ0) is 13.8. The summed E-state index contributed by atoms with van der Waals surface area (Å²) >= 11 is 0. The molecule has 0 aromatic heterocycles. The maximum Gasteiger partial charge on any atom is 0.320 e. The van der Waals surface area contributed by atoms with Crippen LogP contribution in [0.1, 0.15) is 50.3 Å². The van der Waals surface area contributed by atoms with Crippen LogP contribution in [0, 0.1) is 5.92 Å². The Balaban J connectivity index is 2.07. The first-order valence-corrected chi connectivity index (χ1v) is 7.23.